The predicted molar refractivity (Wildman–Crippen MR) is 61.5 cm³/mol. The van der Waals surface area contributed by atoms with Crippen molar-refractivity contribution >= 4 is 21.6 Å². The molecular formula is C10H13BrN2O2. The van der Waals surface area contributed by atoms with Crippen molar-refractivity contribution in [2.75, 3.05) is 12.3 Å². The van der Waals surface area contributed by atoms with Crippen molar-refractivity contribution in [3.05, 3.63) is 27.1 Å². The van der Waals surface area contributed by atoms with Crippen LogP contribution in [0.1, 0.15) is 12.8 Å². The molecule has 0 bridgehead atoms. The van der Waals surface area contributed by atoms with Crippen LogP contribution in [0.2, 0.25) is 0 Å². The lowest BCUT2D eigenvalue weighted by Crippen LogP contribution is -2.14. The Balaban J connectivity index is 1.98. The van der Waals surface area contributed by atoms with E-state index in [-0.39, 0.29) is 11.1 Å². The summed E-state index contributed by atoms with van der Waals surface area (Å²) in [5, 5.41) is 0. The van der Waals surface area contributed by atoms with Gasteiger partial charge in [0.2, 0.25) is 5.43 Å². The third-order valence-corrected chi connectivity index (χ3v) is 2.92. The van der Waals surface area contributed by atoms with Crippen LogP contribution in [-0.2, 0) is 11.5 Å². The zero-order valence-corrected chi connectivity index (χ0v) is 9.87. The molecule has 1 heterocycles. The Morgan fingerprint density at radius 1 is 1.53 bits per heavy atom. The summed E-state index contributed by atoms with van der Waals surface area (Å²) in [4.78, 5) is 11.3. The summed E-state index contributed by atoms with van der Waals surface area (Å²) < 4.78 is 7.72. The Hall–Kier alpha value is -0.810. The van der Waals surface area contributed by atoms with Gasteiger partial charge in [-0.3, -0.25) is 4.79 Å². The molecule has 82 valence electrons. The molecule has 1 aliphatic carbocycles. The van der Waals surface area contributed by atoms with Gasteiger partial charge in [0.1, 0.15) is 6.73 Å². The number of nitrogens with two attached hydrogens (primary N) is 1. The number of nitrogen functional groups attached to an aromatic ring is 1. The van der Waals surface area contributed by atoms with E-state index in [1.807, 2.05) is 0 Å². The monoisotopic (exact) mass is 272 g/mol. The number of hydrogen-bond donors (Lipinski definition) is 1. The normalized spacial score (nSPS) is 15.5. The molecule has 0 aromatic carbocycles. The quantitative estimate of drug-likeness (QED) is 0.906. The number of rotatable bonds is 4. The SMILES string of the molecule is Nc1cn(COCC2CC2)cc(Br)c1=O. The van der Waals surface area contributed by atoms with Gasteiger partial charge in [0, 0.05) is 12.4 Å². The molecule has 5 heteroatoms. The third-order valence-electron chi connectivity index (χ3n) is 2.35. The number of pyridine rings is 1. The molecule has 0 amide bonds. The first kappa shape index (κ1) is 10.7. The van der Waals surface area contributed by atoms with Crippen molar-refractivity contribution in [2.24, 2.45) is 5.92 Å². The minimum atomic E-state index is -0.173. The van der Waals surface area contributed by atoms with Crippen LogP contribution in [0.4, 0.5) is 5.69 Å². The molecular weight excluding hydrogens is 260 g/mol. The van der Waals surface area contributed by atoms with Crippen molar-refractivity contribution < 1.29 is 4.74 Å². The van der Waals surface area contributed by atoms with Crippen LogP contribution in [0.25, 0.3) is 0 Å². The molecule has 0 radical (unpaired) electrons. The predicted octanol–water partition coefficient (Wildman–Crippen LogP) is 1.58. The Labute approximate surface area is 96.2 Å². The molecule has 0 saturated heterocycles. The van der Waals surface area contributed by atoms with Gasteiger partial charge in [0.05, 0.1) is 16.8 Å². The van der Waals surface area contributed by atoms with E-state index < -0.39 is 0 Å². The fraction of sp³-hybridized carbons (Fsp3) is 0.500. The lowest BCUT2D eigenvalue weighted by atomic mass is 10.4. The van der Waals surface area contributed by atoms with E-state index in [0.717, 1.165) is 12.5 Å². The molecule has 1 aromatic rings. The molecule has 0 unspecified atom stereocenters. The summed E-state index contributed by atoms with van der Waals surface area (Å²) in [5.74, 6) is 0.741. The van der Waals surface area contributed by atoms with E-state index in [1.165, 1.54) is 12.8 Å². The first-order chi connectivity index (χ1) is 7.16. The molecule has 2 rings (SSSR count). The van der Waals surface area contributed by atoms with Crippen LogP contribution < -0.4 is 11.2 Å². The van der Waals surface area contributed by atoms with Crippen molar-refractivity contribution in [3.8, 4) is 0 Å². The smallest absolute Gasteiger partial charge is 0.218 e. The van der Waals surface area contributed by atoms with Crippen molar-refractivity contribution in [3.63, 3.8) is 0 Å². The maximum atomic E-state index is 11.3. The molecule has 0 atom stereocenters. The Morgan fingerprint density at radius 2 is 2.27 bits per heavy atom. The van der Waals surface area contributed by atoms with Crippen LogP contribution >= 0.6 is 15.9 Å². The van der Waals surface area contributed by atoms with E-state index in [1.54, 1.807) is 17.0 Å². The second-order valence-electron chi connectivity index (χ2n) is 3.85. The minimum absolute atomic E-state index is 0.173. The van der Waals surface area contributed by atoms with Crippen LogP contribution in [-0.4, -0.2) is 11.2 Å². The maximum absolute atomic E-state index is 11.3. The van der Waals surface area contributed by atoms with Crippen molar-refractivity contribution in [2.45, 2.75) is 19.6 Å². The lowest BCUT2D eigenvalue weighted by Gasteiger charge is -2.08. The summed E-state index contributed by atoms with van der Waals surface area (Å²) in [6, 6.07) is 0. The number of halogens is 1. The minimum Gasteiger partial charge on any atom is -0.394 e. The van der Waals surface area contributed by atoms with Crippen molar-refractivity contribution in [1.29, 1.82) is 0 Å². The van der Waals surface area contributed by atoms with E-state index in [0.29, 0.717) is 11.2 Å². The van der Waals surface area contributed by atoms with Gasteiger partial charge in [-0.25, -0.2) is 0 Å². The molecule has 1 aromatic heterocycles. The largest absolute Gasteiger partial charge is 0.394 e. The van der Waals surface area contributed by atoms with E-state index in [9.17, 15) is 4.79 Å². The van der Waals surface area contributed by atoms with Crippen LogP contribution in [0.3, 0.4) is 0 Å². The lowest BCUT2D eigenvalue weighted by molar-refractivity contribution is 0.0686. The molecule has 4 nitrogen and oxygen atoms in total. The zero-order chi connectivity index (χ0) is 10.8. The number of aromatic nitrogens is 1. The van der Waals surface area contributed by atoms with Gasteiger partial charge >= 0.3 is 0 Å². The topological polar surface area (TPSA) is 57.2 Å². The van der Waals surface area contributed by atoms with Gasteiger partial charge in [0.25, 0.3) is 0 Å². The molecule has 0 spiro atoms. The summed E-state index contributed by atoms with van der Waals surface area (Å²) >= 11 is 3.16. The standard InChI is InChI=1S/C10H13BrN2O2/c11-8-3-13(4-9(12)10(8)14)6-15-5-7-1-2-7/h3-4,7H,1-2,5-6,12H2. The van der Waals surface area contributed by atoms with Crippen LogP contribution in [0.15, 0.2) is 21.7 Å². The highest BCUT2D eigenvalue weighted by atomic mass is 79.9. The molecule has 15 heavy (non-hydrogen) atoms. The highest BCUT2D eigenvalue weighted by Crippen LogP contribution is 2.28. The molecule has 2 N–H and O–H groups in total. The number of anilines is 1. The highest BCUT2D eigenvalue weighted by molar-refractivity contribution is 9.10. The second-order valence-corrected chi connectivity index (χ2v) is 4.70. The Morgan fingerprint density at radius 3 is 2.87 bits per heavy atom. The summed E-state index contributed by atoms with van der Waals surface area (Å²) in [6.45, 7) is 1.24. The highest BCUT2D eigenvalue weighted by Gasteiger charge is 2.20. The zero-order valence-electron chi connectivity index (χ0n) is 8.28. The Kier molecular flexibility index (Phi) is 3.11. The maximum Gasteiger partial charge on any atom is 0.218 e. The first-order valence-electron chi connectivity index (χ1n) is 4.89. The van der Waals surface area contributed by atoms with Gasteiger partial charge in [-0.2, -0.15) is 0 Å². The van der Waals surface area contributed by atoms with E-state index >= 15 is 0 Å². The van der Waals surface area contributed by atoms with E-state index in [4.69, 9.17) is 10.5 Å². The van der Waals surface area contributed by atoms with Crippen molar-refractivity contribution in [1.82, 2.24) is 4.57 Å². The number of nitrogens with zero attached hydrogens (tertiary/aromatic N) is 1. The fourth-order valence-electron chi connectivity index (χ4n) is 1.30. The van der Waals surface area contributed by atoms with Crippen LogP contribution in [0.5, 0.6) is 0 Å². The molecule has 0 aliphatic heterocycles. The molecule has 1 aliphatic rings. The van der Waals surface area contributed by atoms with Crippen LogP contribution in [0, 0.1) is 5.92 Å². The van der Waals surface area contributed by atoms with E-state index in [2.05, 4.69) is 15.9 Å². The second kappa shape index (κ2) is 4.37. The summed E-state index contributed by atoms with van der Waals surface area (Å²) in [5.41, 5.74) is 5.61. The van der Waals surface area contributed by atoms with Gasteiger partial charge in [-0.05, 0) is 34.7 Å². The average molecular weight is 273 g/mol. The van der Waals surface area contributed by atoms with Gasteiger partial charge in [0.15, 0.2) is 0 Å². The van der Waals surface area contributed by atoms with Gasteiger partial charge < -0.3 is 15.0 Å². The summed E-state index contributed by atoms with van der Waals surface area (Å²) in [7, 11) is 0. The molecule has 1 fully saturated rings. The third kappa shape index (κ3) is 2.82. The number of hydrogen-bond acceptors (Lipinski definition) is 3. The van der Waals surface area contributed by atoms with Gasteiger partial charge in [-0.1, -0.05) is 0 Å². The Bertz CT molecular complexity index is 386. The number of ether oxygens (including phenoxy) is 1. The molecule has 1 saturated carbocycles. The fourth-order valence-corrected chi connectivity index (χ4v) is 1.79. The summed E-state index contributed by atoms with van der Waals surface area (Å²) in [6.07, 6.45) is 5.83. The van der Waals surface area contributed by atoms with Gasteiger partial charge in [-0.15, -0.1) is 0 Å². The first-order valence-corrected chi connectivity index (χ1v) is 5.69. The average Bonchev–Trinajstić information content (AvgIpc) is 2.98.